The Morgan fingerprint density at radius 3 is 2.28 bits per heavy atom. The van der Waals surface area contributed by atoms with Gasteiger partial charge in [-0.15, -0.1) is 0 Å². The third-order valence-electron chi connectivity index (χ3n) is 6.14. The molecule has 1 aliphatic rings. The molecule has 1 amide bonds. The maximum atomic E-state index is 12.7. The highest BCUT2D eigenvalue weighted by Gasteiger charge is 2.25. The average Bonchev–Trinajstić information content (AvgIpc) is 2.81. The fourth-order valence-corrected chi connectivity index (χ4v) is 4.22. The van der Waals surface area contributed by atoms with Gasteiger partial charge in [0.05, 0.1) is 17.8 Å². The van der Waals surface area contributed by atoms with Crippen molar-refractivity contribution in [2.24, 2.45) is 5.73 Å². The van der Waals surface area contributed by atoms with Crippen LogP contribution in [0.4, 0.5) is 11.4 Å². The summed E-state index contributed by atoms with van der Waals surface area (Å²) in [5.41, 5.74) is 11.5. The molecule has 2 heterocycles. The maximum Gasteiger partial charge on any atom is 0.341 e. The monoisotopic (exact) mass is 432 g/mol. The van der Waals surface area contributed by atoms with Crippen LogP contribution in [0.15, 0.2) is 42.6 Å². The molecule has 0 unspecified atom stereocenters. The molecule has 0 radical (unpaired) electrons. The van der Waals surface area contributed by atoms with Crippen LogP contribution in [-0.4, -0.2) is 49.6 Å². The molecule has 0 spiro atoms. The second-order valence-electron chi connectivity index (χ2n) is 8.03. The number of amides is 1. The number of fused-ring (bicyclic) bond motifs is 1. The molecule has 0 aliphatic carbocycles. The highest BCUT2D eigenvalue weighted by Crippen LogP contribution is 2.34. The van der Waals surface area contributed by atoms with Crippen molar-refractivity contribution < 1.29 is 14.3 Å². The molecule has 166 valence electrons. The zero-order valence-corrected chi connectivity index (χ0v) is 18.7. The first kappa shape index (κ1) is 21.6. The number of pyridine rings is 1. The van der Waals surface area contributed by atoms with E-state index in [0.29, 0.717) is 17.7 Å². The topological polar surface area (TPSA) is 88.8 Å². The molecule has 32 heavy (non-hydrogen) atoms. The van der Waals surface area contributed by atoms with Crippen molar-refractivity contribution in [3.8, 4) is 0 Å². The van der Waals surface area contributed by atoms with Gasteiger partial charge in [-0.05, 0) is 56.2 Å². The number of anilines is 2. The molecule has 1 aliphatic heterocycles. The molecule has 1 aromatic heterocycles. The van der Waals surface area contributed by atoms with Gasteiger partial charge in [0.25, 0.3) is 0 Å². The Bertz CT molecular complexity index is 1170. The molecule has 0 saturated carbocycles. The second kappa shape index (κ2) is 8.86. The van der Waals surface area contributed by atoms with E-state index in [0.717, 1.165) is 54.0 Å². The van der Waals surface area contributed by atoms with Crippen LogP contribution in [0.2, 0.25) is 0 Å². The molecular formula is C25H28N4O3. The van der Waals surface area contributed by atoms with Gasteiger partial charge in [-0.2, -0.15) is 0 Å². The number of nitrogens with two attached hydrogens (primary N) is 1. The summed E-state index contributed by atoms with van der Waals surface area (Å²) in [6, 6.07) is 11.5. The quantitative estimate of drug-likeness (QED) is 0.621. The fourth-order valence-electron chi connectivity index (χ4n) is 4.22. The van der Waals surface area contributed by atoms with Gasteiger partial charge in [-0.3, -0.25) is 9.78 Å². The summed E-state index contributed by atoms with van der Waals surface area (Å²) in [7, 11) is 0. The number of hydrogen-bond donors (Lipinski definition) is 1. The van der Waals surface area contributed by atoms with E-state index in [2.05, 4.69) is 40.8 Å². The standard InChI is InChI=1S/C25H28N4O3/c1-4-32-25(31)21-15-27-22-17(3)16(2)5-10-20(22)23(21)29-13-11-28(12-14-29)19-8-6-18(7-9-19)24(26)30/h5-10,15H,4,11-14H2,1-3H3,(H2,26,30). The van der Waals surface area contributed by atoms with E-state index >= 15 is 0 Å². The van der Waals surface area contributed by atoms with Crippen LogP contribution in [0.1, 0.15) is 38.8 Å². The molecule has 3 aromatic rings. The van der Waals surface area contributed by atoms with E-state index in [9.17, 15) is 9.59 Å². The summed E-state index contributed by atoms with van der Waals surface area (Å²) in [5, 5.41) is 0.970. The van der Waals surface area contributed by atoms with Crippen molar-refractivity contribution >= 4 is 34.2 Å². The minimum atomic E-state index is -0.428. The minimum Gasteiger partial charge on any atom is -0.462 e. The molecule has 4 rings (SSSR count). The van der Waals surface area contributed by atoms with E-state index in [1.807, 2.05) is 19.1 Å². The van der Waals surface area contributed by atoms with Gasteiger partial charge >= 0.3 is 5.97 Å². The number of aryl methyl sites for hydroxylation is 2. The van der Waals surface area contributed by atoms with Crippen LogP contribution in [0.25, 0.3) is 10.9 Å². The zero-order valence-electron chi connectivity index (χ0n) is 18.7. The number of piperazine rings is 1. The molecular weight excluding hydrogens is 404 g/mol. The minimum absolute atomic E-state index is 0.318. The molecule has 0 bridgehead atoms. The van der Waals surface area contributed by atoms with Crippen LogP contribution in [-0.2, 0) is 4.74 Å². The summed E-state index contributed by atoms with van der Waals surface area (Å²) in [6.45, 7) is 9.32. The van der Waals surface area contributed by atoms with Gasteiger partial charge in [0.2, 0.25) is 5.91 Å². The van der Waals surface area contributed by atoms with E-state index in [4.69, 9.17) is 10.5 Å². The van der Waals surface area contributed by atoms with Crippen LogP contribution in [0.5, 0.6) is 0 Å². The Kier molecular flexibility index (Phi) is 5.99. The number of carbonyl (C=O) groups excluding carboxylic acids is 2. The van der Waals surface area contributed by atoms with Crippen LogP contribution < -0.4 is 15.5 Å². The molecule has 1 fully saturated rings. The molecule has 2 N–H and O–H groups in total. The Balaban J connectivity index is 1.65. The molecule has 7 heteroatoms. The van der Waals surface area contributed by atoms with Crippen molar-refractivity contribution in [2.75, 3.05) is 42.6 Å². The fraction of sp³-hybridized carbons (Fsp3) is 0.320. The number of benzene rings is 2. The largest absolute Gasteiger partial charge is 0.462 e. The summed E-state index contributed by atoms with van der Waals surface area (Å²) in [5.74, 6) is -0.775. The summed E-state index contributed by atoms with van der Waals surface area (Å²) < 4.78 is 5.33. The van der Waals surface area contributed by atoms with Gasteiger partial charge in [-0.1, -0.05) is 12.1 Å². The molecule has 0 atom stereocenters. The average molecular weight is 433 g/mol. The predicted molar refractivity (Wildman–Crippen MR) is 127 cm³/mol. The van der Waals surface area contributed by atoms with Gasteiger partial charge in [0.15, 0.2) is 0 Å². The Labute approximate surface area is 187 Å². The molecule has 7 nitrogen and oxygen atoms in total. The van der Waals surface area contributed by atoms with Crippen LogP contribution in [0, 0.1) is 13.8 Å². The highest BCUT2D eigenvalue weighted by molar-refractivity contribution is 6.06. The third-order valence-corrected chi connectivity index (χ3v) is 6.14. The first-order valence-electron chi connectivity index (χ1n) is 10.9. The van der Waals surface area contributed by atoms with Crippen molar-refractivity contribution in [3.63, 3.8) is 0 Å². The lowest BCUT2D eigenvalue weighted by Crippen LogP contribution is -2.47. The SMILES string of the molecule is CCOC(=O)c1cnc2c(C)c(C)ccc2c1N1CCN(c2ccc(C(N)=O)cc2)CC1. The number of esters is 1. The Morgan fingerprint density at radius 1 is 1.00 bits per heavy atom. The number of primary amides is 1. The van der Waals surface area contributed by atoms with Crippen molar-refractivity contribution in [1.82, 2.24) is 4.98 Å². The summed E-state index contributed by atoms with van der Waals surface area (Å²) >= 11 is 0. The molecule has 1 saturated heterocycles. The van der Waals surface area contributed by atoms with Crippen molar-refractivity contribution in [2.45, 2.75) is 20.8 Å². The number of hydrogen-bond acceptors (Lipinski definition) is 6. The van der Waals surface area contributed by atoms with Crippen LogP contribution in [0.3, 0.4) is 0 Å². The zero-order chi connectivity index (χ0) is 22.8. The van der Waals surface area contributed by atoms with E-state index in [1.54, 1.807) is 18.3 Å². The molecule has 2 aromatic carbocycles. The normalized spacial score (nSPS) is 14.0. The number of carbonyl (C=O) groups is 2. The first-order chi connectivity index (χ1) is 15.4. The lowest BCUT2D eigenvalue weighted by molar-refractivity contribution is 0.0526. The first-order valence-corrected chi connectivity index (χ1v) is 10.9. The summed E-state index contributed by atoms with van der Waals surface area (Å²) in [4.78, 5) is 33.2. The van der Waals surface area contributed by atoms with E-state index in [-0.39, 0.29) is 5.97 Å². The van der Waals surface area contributed by atoms with E-state index < -0.39 is 5.91 Å². The third kappa shape index (κ3) is 3.98. The van der Waals surface area contributed by atoms with E-state index in [1.165, 1.54) is 5.56 Å². The van der Waals surface area contributed by atoms with Gasteiger partial charge < -0.3 is 20.3 Å². The van der Waals surface area contributed by atoms with Crippen molar-refractivity contribution in [3.05, 3.63) is 64.8 Å². The lowest BCUT2D eigenvalue weighted by Gasteiger charge is -2.38. The Morgan fingerprint density at radius 2 is 1.66 bits per heavy atom. The smallest absolute Gasteiger partial charge is 0.341 e. The second-order valence-corrected chi connectivity index (χ2v) is 8.03. The maximum absolute atomic E-state index is 12.7. The Hall–Kier alpha value is -3.61. The van der Waals surface area contributed by atoms with Crippen LogP contribution >= 0.6 is 0 Å². The number of aromatic nitrogens is 1. The number of rotatable bonds is 5. The summed E-state index contributed by atoms with van der Waals surface area (Å²) in [6.07, 6.45) is 1.65. The highest BCUT2D eigenvalue weighted by atomic mass is 16.5. The van der Waals surface area contributed by atoms with Gasteiger partial charge in [0.1, 0.15) is 5.56 Å². The lowest BCUT2D eigenvalue weighted by atomic mass is 10.0. The number of ether oxygens (including phenoxy) is 1. The van der Waals surface area contributed by atoms with Gasteiger partial charge in [0, 0.05) is 49.0 Å². The van der Waals surface area contributed by atoms with Gasteiger partial charge in [-0.25, -0.2) is 4.79 Å². The number of nitrogens with zero attached hydrogens (tertiary/aromatic N) is 3. The van der Waals surface area contributed by atoms with Crippen molar-refractivity contribution in [1.29, 1.82) is 0 Å². The predicted octanol–water partition coefficient (Wildman–Crippen LogP) is 3.45.